The van der Waals surface area contributed by atoms with E-state index in [9.17, 15) is 19.2 Å². The fourth-order valence-corrected chi connectivity index (χ4v) is 4.47. The average molecular weight is 531 g/mol. The van der Waals surface area contributed by atoms with E-state index in [1.807, 2.05) is 6.92 Å². The van der Waals surface area contributed by atoms with Crippen molar-refractivity contribution in [1.29, 1.82) is 0 Å². The van der Waals surface area contributed by atoms with E-state index in [0.29, 0.717) is 39.6 Å². The van der Waals surface area contributed by atoms with E-state index in [1.165, 1.54) is 18.2 Å². The van der Waals surface area contributed by atoms with Crippen LogP contribution in [0.1, 0.15) is 21.7 Å². The van der Waals surface area contributed by atoms with Crippen molar-refractivity contribution < 1.29 is 28.7 Å². The van der Waals surface area contributed by atoms with Crippen LogP contribution in [0.2, 0.25) is 10.0 Å². The number of aromatic carboxylic acids is 1. The first-order chi connectivity index (χ1) is 16.6. The average Bonchev–Trinajstić information content (AvgIpc) is 3.36. The van der Waals surface area contributed by atoms with Crippen molar-refractivity contribution in [2.24, 2.45) is 0 Å². The fourth-order valence-electron chi connectivity index (χ4n) is 3.21. The summed E-state index contributed by atoms with van der Waals surface area (Å²) < 4.78 is 5.72. The monoisotopic (exact) mass is 530 g/mol. The van der Waals surface area contributed by atoms with Gasteiger partial charge >= 0.3 is 5.97 Å². The minimum atomic E-state index is -1.14. The second-order valence-electron chi connectivity index (χ2n) is 7.48. The number of amides is 3. The predicted octanol–water partition coefficient (Wildman–Crippen LogP) is 5.94. The number of hydrogen-bond donors (Lipinski definition) is 2. The molecule has 0 aliphatic carbocycles. The number of rotatable bonds is 6. The van der Waals surface area contributed by atoms with Crippen LogP contribution in [0.3, 0.4) is 0 Å². The van der Waals surface area contributed by atoms with Crippen LogP contribution in [-0.2, 0) is 9.59 Å². The van der Waals surface area contributed by atoms with Crippen molar-refractivity contribution in [2.45, 2.75) is 6.92 Å². The Morgan fingerprint density at radius 3 is 2.54 bits per heavy atom. The predicted molar refractivity (Wildman–Crippen MR) is 134 cm³/mol. The maximum atomic E-state index is 12.7. The zero-order valence-electron chi connectivity index (χ0n) is 18.0. The molecule has 0 bridgehead atoms. The van der Waals surface area contributed by atoms with E-state index in [-0.39, 0.29) is 15.5 Å². The van der Waals surface area contributed by atoms with Gasteiger partial charge in [-0.05, 0) is 60.6 Å². The second-order valence-corrected chi connectivity index (χ2v) is 9.29. The maximum Gasteiger partial charge on any atom is 0.337 e. The van der Waals surface area contributed by atoms with E-state index >= 15 is 0 Å². The number of carbonyl (C=O) groups excluding carboxylic acids is 3. The van der Waals surface area contributed by atoms with Gasteiger partial charge in [0.1, 0.15) is 18.1 Å². The number of halogens is 2. The van der Waals surface area contributed by atoms with Gasteiger partial charge in [-0.15, -0.1) is 0 Å². The van der Waals surface area contributed by atoms with Crippen LogP contribution >= 0.6 is 35.0 Å². The third-order valence-electron chi connectivity index (χ3n) is 5.02. The molecule has 8 nitrogen and oxygen atoms in total. The molecule has 2 aromatic carbocycles. The Kier molecular flexibility index (Phi) is 7.02. The van der Waals surface area contributed by atoms with Crippen LogP contribution in [0.15, 0.2) is 57.9 Å². The van der Waals surface area contributed by atoms with Crippen LogP contribution in [0.4, 0.5) is 10.5 Å². The Labute approximate surface area is 213 Å². The lowest BCUT2D eigenvalue weighted by Crippen LogP contribution is -2.36. The molecule has 1 saturated heterocycles. The Balaban J connectivity index is 1.45. The van der Waals surface area contributed by atoms with Crippen molar-refractivity contribution >= 4 is 69.8 Å². The highest BCUT2D eigenvalue weighted by molar-refractivity contribution is 8.18. The topological polar surface area (TPSA) is 117 Å². The van der Waals surface area contributed by atoms with Gasteiger partial charge in [0.05, 0.1) is 15.5 Å². The van der Waals surface area contributed by atoms with E-state index in [1.54, 1.807) is 36.4 Å². The summed E-state index contributed by atoms with van der Waals surface area (Å²) in [6.45, 7) is 1.37. The number of carboxylic acids is 1. The van der Waals surface area contributed by atoms with Crippen molar-refractivity contribution in [3.63, 3.8) is 0 Å². The molecule has 35 heavy (non-hydrogen) atoms. The minimum absolute atomic E-state index is 0.0367. The fraction of sp³-hybridized carbons (Fsp3) is 0.0833. The summed E-state index contributed by atoms with van der Waals surface area (Å²) in [5, 5.41) is 11.7. The molecule has 1 aliphatic rings. The highest BCUT2D eigenvalue weighted by atomic mass is 35.5. The lowest BCUT2D eigenvalue weighted by molar-refractivity contribution is -0.127. The van der Waals surface area contributed by atoms with Crippen LogP contribution in [0.5, 0.6) is 0 Å². The largest absolute Gasteiger partial charge is 0.478 e. The molecule has 11 heteroatoms. The molecule has 1 aromatic heterocycles. The van der Waals surface area contributed by atoms with Gasteiger partial charge in [-0.2, -0.15) is 0 Å². The summed E-state index contributed by atoms with van der Waals surface area (Å²) in [4.78, 5) is 49.5. The zero-order chi connectivity index (χ0) is 25.3. The maximum absolute atomic E-state index is 12.7. The molecule has 2 heterocycles. The molecule has 2 N–H and O–H groups in total. The number of anilines is 1. The number of furan rings is 1. The number of imide groups is 1. The van der Waals surface area contributed by atoms with Gasteiger partial charge < -0.3 is 14.8 Å². The van der Waals surface area contributed by atoms with Gasteiger partial charge in [-0.25, -0.2) is 4.79 Å². The number of hydrogen-bond acceptors (Lipinski definition) is 6. The first-order valence-corrected chi connectivity index (χ1v) is 11.6. The number of nitrogens with zero attached hydrogens (tertiary/aromatic N) is 1. The molecular formula is C24H16Cl2N2O6S. The first-order valence-electron chi connectivity index (χ1n) is 10.1. The van der Waals surface area contributed by atoms with Gasteiger partial charge in [-0.3, -0.25) is 19.3 Å². The summed E-state index contributed by atoms with van der Waals surface area (Å²) in [7, 11) is 0. The first kappa shape index (κ1) is 24.6. The minimum Gasteiger partial charge on any atom is -0.478 e. The lowest BCUT2D eigenvalue weighted by atomic mass is 10.1. The van der Waals surface area contributed by atoms with Gasteiger partial charge in [0, 0.05) is 22.3 Å². The molecular weight excluding hydrogens is 515 g/mol. The summed E-state index contributed by atoms with van der Waals surface area (Å²) in [6, 6.07) is 12.6. The SMILES string of the molecule is Cc1ccc(NC(=O)CN2C(=O)S/C(=C\c3ccc(-c4ccc(C(=O)O)c(Cl)c4)o3)C2=O)cc1Cl. The number of benzene rings is 2. The Morgan fingerprint density at radius 2 is 1.86 bits per heavy atom. The van der Waals surface area contributed by atoms with E-state index < -0.39 is 29.6 Å². The van der Waals surface area contributed by atoms with Gasteiger partial charge in [0.25, 0.3) is 11.1 Å². The molecule has 3 amide bonds. The molecule has 1 aliphatic heterocycles. The molecule has 0 saturated carbocycles. The quantitative estimate of drug-likeness (QED) is 0.379. The van der Waals surface area contributed by atoms with Crippen LogP contribution in [-0.4, -0.2) is 39.6 Å². The molecule has 0 atom stereocenters. The van der Waals surface area contributed by atoms with Crippen molar-refractivity contribution in [3.8, 4) is 11.3 Å². The molecule has 0 radical (unpaired) electrons. The molecule has 0 spiro atoms. The highest BCUT2D eigenvalue weighted by Gasteiger charge is 2.36. The van der Waals surface area contributed by atoms with Crippen molar-refractivity contribution in [1.82, 2.24) is 4.90 Å². The number of carbonyl (C=O) groups is 4. The summed E-state index contributed by atoms with van der Waals surface area (Å²) in [6.07, 6.45) is 1.40. The smallest absolute Gasteiger partial charge is 0.337 e. The normalized spacial score (nSPS) is 14.6. The number of aryl methyl sites for hydroxylation is 1. The van der Waals surface area contributed by atoms with Crippen LogP contribution in [0, 0.1) is 6.92 Å². The molecule has 178 valence electrons. The zero-order valence-corrected chi connectivity index (χ0v) is 20.3. The van der Waals surface area contributed by atoms with Gasteiger partial charge in [0.2, 0.25) is 5.91 Å². The highest BCUT2D eigenvalue weighted by Crippen LogP contribution is 2.34. The van der Waals surface area contributed by atoms with Crippen LogP contribution < -0.4 is 5.32 Å². The Hall–Kier alpha value is -3.53. The third-order valence-corrected chi connectivity index (χ3v) is 6.64. The van der Waals surface area contributed by atoms with E-state index in [0.717, 1.165) is 10.5 Å². The van der Waals surface area contributed by atoms with Gasteiger partial charge in [-0.1, -0.05) is 35.3 Å². The summed E-state index contributed by atoms with van der Waals surface area (Å²) >= 11 is 12.8. The summed E-state index contributed by atoms with van der Waals surface area (Å²) in [5.74, 6) is -1.62. The van der Waals surface area contributed by atoms with Crippen molar-refractivity contribution in [2.75, 3.05) is 11.9 Å². The lowest BCUT2D eigenvalue weighted by Gasteiger charge is -2.12. The Morgan fingerprint density at radius 1 is 1.09 bits per heavy atom. The van der Waals surface area contributed by atoms with E-state index in [2.05, 4.69) is 5.32 Å². The third kappa shape index (κ3) is 5.43. The van der Waals surface area contributed by atoms with Crippen molar-refractivity contribution in [3.05, 3.63) is 80.4 Å². The second kappa shape index (κ2) is 9.99. The van der Waals surface area contributed by atoms with Gasteiger partial charge in [0.15, 0.2) is 0 Å². The summed E-state index contributed by atoms with van der Waals surface area (Å²) in [5.41, 5.74) is 1.81. The number of carboxylic acid groups (broad SMARTS) is 1. The molecule has 1 fully saturated rings. The number of thioether (sulfide) groups is 1. The van der Waals surface area contributed by atoms with E-state index in [4.69, 9.17) is 32.7 Å². The standard InChI is InChI=1S/C24H16Cl2N2O6S/c1-12-2-4-14(9-17(12)25)27-21(29)11-28-22(30)20(35-24(28)33)10-15-5-7-19(34-15)13-3-6-16(23(31)32)18(26)8-13/h2-10H,11H2,1H3,(H,27,29)(H,31,32)/b20-10-. The molecule has 0 unspecified atom stereocenters. The molecule has 4 rings (SSSR count). The van der Waals surface area contributed by atoms with Crippen LogP contribution in [0.25, 0.3) is 17.4 Å². The Bertz CT molecular complexity index is 1410. The molecule has 3 aromatic rings. The number of nitrogens with one attached hydrogen (secondary N) is 1.